The fraction of sp³-hybridized carbons (Fsp3) is 0.233. The molecule has 5 aromatic rings. The maximum absolute atomic E-state index is 13.0. The highest BCUT2D eigenvalue weighted by atomic mass is 32.2. The van der Waals surface area contributed by atoms with Crippen molar-refractivity contribution in [2.45, 2.75) is 76.4 Å². The molecule has 0 radical (unpaired) electrons. The van der Waals surface area contributed by atoms with Crippen LogP contribution in [0.15, 0.2) is 147 Å². The van der Waals surface area contributed by atoms with Gasteiger partial charge in [-0.25, -0.2) is 31.5 Å². The van der Waals surface area contributed by atoms with E-state index in [1.807, 2.05) is 107 Å². The van der Waals surface area contributed by atoms with Crippen molar-refractivity contribution in [1.29, 1.82) is 0 Å². The van der Waals surface area contributed by atoms with Crippen LogP contribution in [0.2, 0.25) is 0 Å². The Balaban J connectivity index is 0.000000290. The predicted molar refractivity (Wildman–Crippen MR) is 225 cm³/mol. The molecule has 0 aliphatic heterocycles. The second-order valence-corrected chi connectivity index (χ2v) is 16.9. The lowest BCUT2D eigenvalue weighted by molar-refractivity contribution is 0.130. The summed E-state index contributed by atoms with van der Waals surface area (Å²) in [5, 5.41) is 16.0. The number of oxime groups is 2. The zero-order valence-corrected chi connectivity index (χ0v) is 34.5. The molecule has 57 heavy (non-hydrogen) atoms. The average Bonchev–Trinajstić information content (AvgIpc) is 3.18. The van der Waals surface area contributed by atoms with E-state index in [0.29, 0.717) is 41.5 Å². The van der Waals surface area contributed by atoms with Crippen molar-refractivity contribution in [2.75, 3.05) is 5.32 Å². The number of nitrogens with one attached hydrogen (secondary N) is 2. The van der Waals surface area contributed by atoms with Gasteiger partial charge in [0.2, 0.25) is 10.0 Å². The first kappa shape index (κ1) is 43.9. The van der Waals surface area contributed by atoms with E-state index in [1.165, 1.54) is 24.3 Å². The number of anilines is 1. The first-order chi connectivity index (χ1) is 27.0. The molecule has 0 atom stereocenters. The number of amides is 2. The maximum atomic E-state index is 13.0. The van der Waals surface area contributed by atoms with Gasteiger partial charge in [-0.05, 0) is 72.2 Å². The highest BCUT2D eigenvalue weighted by Crippen LogP contribution is 2.32. The average molecular weight is 812 g/mol. The number of nitrogens with two attached hydrogens (primary N) is 1. The molecule has 14 heteroatoms. The van der Waals surface area contributed by atoms with E-state index < -0.39 is 26.1 Å². The summed E-state index contributed by atoms with van der Waals surface area (Å²) in [5.41, 5.74) is 6.82. The zero-order valence-electron chi connectivity index (χ0n) is 32.8. The molecule has 0 fully saturated rings. The SMILES string of the molecule is CC(=NOCc1ccccc1)c1cccc(S(=O)(=O)NC(=O)Nc2c(C(C)C)cccc2C(C)C)c1.CC(=NOCc1ccccc1)c1cccc(S(N)(=O)=O)c1. The Hall–Kier alpha value is -5.83. The quantitative estimate of drug-likeness (QED) is 0.0742. The number of carbonyl (C=O) groups is 1. The Labute approximate surface area is 335 Å². The second-order valence-electron chi connectivity index (χ2n) is 13.7. The first-order valence-corrected chi connectivity index (χ1v) is 21.2. The van der Waals surface area contributed by atoms with Crippen LogP contribution in [0.5, 0.6) is 0 Å². The van der Waals surface area contributed by atoms with Crippen LogP contribution in [0.25, 0.3) is 0 Å². The molecular formula is C43H49N5O7S2. The van der Waals surface area contributed by atoms with Gasteiger partial charge in [-0.2, -0.15) is 0 Å². The predicted octanol–water partition coefficient (Wildman–Crippen LogP) is 8.66. The van der Waals surface area contributed by atoms with Gasteiger partial charge in [0.1, 0.15) is 13.2 Å². The monoisotopic (exact) mass is 811 g/mol. The smallest absolute Gasteiger partial charge is 0.333 e. The highest BCUT2D eigenvalue weighted by molar-refractivity contribution is 7.90. The van der Waals surface area contributed by atoms with Crippen LogP contribution in [0.1, 0.15) is 86.8 Å². The standard InChI is InChI=1S/C28H33N3O4S.C15H16N2O3S/c1-19(2)25-15-10-16-26(20(3)4)27(25)29-28(32)31-36(33,34)24-14-9-13-23(17-24)21(5)30-35-18-22-11-7-6-8-12-22;1-12(17-20-11-13-6-3-2-4-7-13)14-8-5-9-15(10-14)21(16,18)19/h6-17,19-20H,18H2,1-5H3,(H2,29,31,32);2-10H,11H2,1H3,(H2,16,18,19). The Kier molecular flexibility index (Phi) is 15.7. The van der Waals surface area contributed by atoms with E-state index in [-0.39, 0.29) is 21.6 Å². The number of sulfonamides is 2. The number of hydrogen-bond donors (Lipinski definition) is 3. The lowest BCUT2D eigenvalue weighted by Gasteiger charge is -2.20. The van der Waals surface area contributed by atoms with Crippen LogP contribution in [0.4, 0.5) is 10.5 Å². The summed E-state index contributed by atoms with van der Waals surface area (Å²) in [5.74, 6) is 0.303. The molecule has 5 rings (SSSR count). The lowest BCUT2D eigenvalue weighted by Crippen LogP contribution is -2.35. The summed E-state index contributed by atoms with van der Waals surface area (Å²) in [4.78, 5) is 23.5. The Bertz CT molecular complexity index is 2380. The minimum Gasteiger partial charge on any atom is -0.391 e. The third-order valence-corrected chi connectivity index (χ3v) is 10.8. The molecule has 4 N–H and O–H groups in total. The van der Waals surface area contributed by atoms with Crippen LogP contribution in [0, 0.1) is 0 Å². The molecule has 0 bridgehead atoms. The number of para-hydroxylation sites is 1. The van der Waals surface area contributed by atoms with Gasteiger partial charge in [-0.1, -0.05) is 141 Å². The Morgan fingerprint density at radius 2 is 1.04 bits per heavy atom. The minimum absolute atomic E-state index is 0.0472. The first-order valence-electron chi connectivity index (χ1n) is 18.2. The summed E-state index contributed by atoms with van der Waals surface area (Å²) in [7, 11) is -7.84. The van der Waals surface area contributed by atoms with Crippen molar-refractivity contribution < 1.29 is 31.3 Å². The Morgan fingerprint density at radius 1 is 0.614 bits per heavy atom. The van der Waals surface area contributed by atoms with Crippen LogP contribution in [-0.2, 0) is 42.9 Å². The van der Waals surface area contributed by atoms with Crippen molar-refractivity contribution in [3.63, 3.8) is 0 Å². The van der Waals surface area contributed by atoms with E-state index in [9.17, 15) is 21.6 Å². The third kappa shape index (κ3) is 13.4. The van der Waals surface area contributed by atoms with Gasteiger partial charge in [0, 0.05) is 16.8 Å². The van der Waals surface area contributed by atoms with Crippen molar-refractivity contribution in [2.24, 2.45) is 15.5 Å². The molecule has 12 nitrogen and oxygen atoms in total. The van der Waals surface area contributed by atoms with E-state index in [0.717, 1.165) is 22.3 Å². The van der Waals surface area contributed by atoms with Gasteiger partial charge in [0.05, 0.1) is 21.2 Å². The van der Waals surface area contributed by atoms with Crippen LogP contribution < -0.4 is 15.2 Å². The molecule has 0 heterocycles. The van der Waals surface area contributed by atoms with Gasteiger partial charge >= 0.3 is 6.03 Å². The number of carbonyl (C=O) groups excluding carboxylic acids is 1. The number of benzene rings is 5. The molecule has 2 amide bonds. The van der Waals surface area contributed by atoms with Crippen LogP contribution in [-0.4, -0.2) is 34.3 Å². The van der Waals surface area contributed by atoms with Gasteiger partial charge in [0.15, 0.2) is 0 Å². The third-order valence-electron chi connectivity index (χ3n) is 8.53. The number of nitrogens with zero attached hydrogens (tertiary/aromatic N) is 2. The van der Waals surface area contributed by atoms with Crippen molar-refractivity contribution in [3.8, 4) is 0 Å². The van der Waals surface area contributed by atoms with Crippen molar-refractivity contribution in [3.05, 3.63) is 161 Å². The molecule has 5 aromatic carbocycles. The summed E-state index contributed by atoms with van der Waals surface area (Å²) < 4.78 is 50.8. The number of primary sulfonamides is 1. The molecule has 0 unspecified atom stereocenters. The van der Waals surface area contributed by atoms with Crippen LogP contribution >= 0.6 is 0 Å². The van der Waals surface area contributed by atoms with Gasteiger partial charge in [-0.15, -0.1) is 0 Å². The molecular weight excluding hydrogens is 763 g/mol. The molecule has 0 saturated carbocycles. The van der Waals surface area contributed by atoms with E-state index >= 15 is 0 Å². The summed E-state index contributed by atoms with van der Waals surface area (Å²) in [6.07, 6.45) is 0. The number of hydrogen-bond acceptors (Lipinski definition) is 9. The largest absolute Gasteiger partial charge is 0.391 e. The van der Waals surface area contributed by atoms with Crippen molar-refractivity contribution in [1.82, 2.24) is 4.72 Å². The molecule has 0 aliphatic carbocycles. The molecule has 0 aliphatic rings. The van der Waals surface area contributed by atoms with E-state index in [1.54, 1.807) is 38.1 Å². The topological polar surface area (TPSA) is 179 Å². The maximum Gasteiger partial charge on any atom is 0.333 e. The molecule has 0 saturated heterocycles. The summed E-state index contributed by atoms with van der Waals surface area (Å²) >= 11 is 0. The fourth-order valence-corrected chi connectivity index (χ4v) is 6.98. The van der Waals surface area contributed by atoms with Crippen LogP contribution in [0.3, 0.4) is 0 Å². The lowest BCUT2D eigenvalue weighted by atomic mass is 9.93. The van der Waals surface area contributed by atoms with Gasteiger partial charge in [-0.3, -0.25) is 0 Å². The number of rotatable bonds is 14. The molecule has 0 aromatic heterocycles. The molecule has 300 valence electrons. The van der Waals surface area contributed by atoms with Gasteiger partial charge < -0.3 is 15.0 Å². The zero-order chi connectivity index (χ0) is 41.6. The number of urea groups is 1. The van der Waals surface area contributed by atoms with Crippen molar-refractivity contribution >= 4 is 43.2 Å². The summed E-state index contributed by atoms with van der Waals surface area (Å²) in [6, 6.07) is 36.8. The van der Waals surface area contributed by atoms with E-state index in [2.05, 4.69) is 20.4 Å². The fourth-order valence-electron chi connectivity index (χ4n) is 5.46. The van der Waals surface area contributed by atoms with Gasteiger partial charge in [0.25, 0.3) is 10.0 Å². The van der Waals surface area contributed by atoms with E-state index in [4.69, 9.17) is 14.8 Å². The Morgan fingerprint density at radius 3 is 1.47 bits per heavy atom. The minimum atomic E-state index is -4.12. The normalized spacial score (nSPS) is 12.1. The second kappa shape index (κ2) is 20.4. The summed E-state index contributed by atoms with van der Waals surface area (Å²) in [6.45, 7) is 12.2. The molecule has 0 spiro atoms. The highest BCUT2D eigenvalue weighted by Gasteiger charge is 2.21.